The van der Waals surface area contributed by atoms with Crippen LogP contribution in [0.15, 0.2) is 16.6 Å². The Hall–Kier alpha value is -0.590. The zero-order valence-electron chi connectivity index (χ0n) is 10.8. The number of anilines is 1. The number of nitrogens with one attached hydrogen (secondary N) is 1. The van der Waals surface area contributed by atoms with E-state index in [1.165, 1.54) is 0 Å². The minimum Gasteiger partial charge on any atom is -0.385 e. The molecule has 6 heteroatoms. The van der Waals surface area contributed by atoms with E-state index in [1.54, 1.807) is 7.11 Å². The molecule has 1 rings (SSSR count). The van der Waals surface area contributed by atoms with Crippen molar-refractivity contribution in [2.45, 2.75) is 20.3 Å². The molecule has 0 atom stereocenters. The molecular weight excluding hydrogens is 318 g/mol. The van der Waals surface area contributed by atoms with Gasteiger partial charge in [0.05, 0.1) is 11.4 Å². The number of hydrogen-bond donors (Lipinski definition) is 1. The van der Waals surface area contributed by atoms with Gasteiger partial charge in [-0.2, -0.15) is 0 Å². The highest BCUT2D eigenvalue weighted by Crippen LogP contribution is 2.26. The van der Waals surface area contributed by atoms with Gasteiger partial charge >= 0.3 is 0 Å². The largest absolute Gasteiger partial charge is 0.385 e. The summed E-state index contributed by atoms with van der Waals surface area (Å²) in [7, 11) is -1.75. The summed E-state index contributed by atoms with van der Waals surface area (Å²) in [5, 5.41) is 0. The first-order valence-corrected chi connectivity index (χ1v) is 8.06. The summed E-state index contributed by atoms with van der Waals surface area (Å²) in [4.78, 5) is 0. The Balaban J connectivity index is 2.84. The molecule has 0 aliphatic heterocycles. The lowest BCUT2D eigenvalue weighted by atomic mass is 10.1. The van der Waals surface area contributed by atoms with Crippen LogP contribution in [-0.2, 0) is 14.8 Å². The van der Waals surface area contributed by atoms with Gasteiger partial charge in [0.1, 0.15) is 0 Å². The number of ether oxygens (including phenoxy) is 1. The normalized spacial score (nSPS) is 11.6. The number of benzene rings is 1. The fourth-order valence-corrected chi connectivity index (χ4v) is 3.59. The van der Waals surface area contributed by atoms with Crippen LogP contribution in [-0.4, -0.2) is 27.9 Å². The molecule has 1 aromatic carbocycles. The average molecular weight is 336 g/mol. The van der Waals surface area contributed by atoms with Crippen molar-refractivity contribution >= 4 is 31.6 Å². The van der Waals surface area contributed by atoms with E-state index in [0.717, 1.165) is 15.6 Å². The van der Waals surface area contributed by atoms with E-state index >= 15 is 0 Å². The van der Waals surface area contributed by atoms with Gasteiger partial charge < -0.3 is 4.74 Å². The second-order valence-electron chi connectivity index (χ2n) is 4.18. The van der Waals surface area contributed by atoms with E-state index in [0.29, 0.717) is 18.7 Å². The van der Waals surface area contributed by atoms with Gasteiger partial charge in [0.25, 0.3) is 0 Å². The molecule has 1 aromatic rings. The van der Waals surface area contributed by atoms with Crippen molar-refractivity contribution in [3.63, 3.8) is 0 Å². The van der Waals surface area contributed by atoms with Gasteiger partial charge in [0.15, 0.2) is 0 Å². The standard InChI is InChI=1S/C12H18BrNO3S/c1-9-7-11(13)8-10(2)12(9)14-18(15,16)6-4-5-17-3/h7-8,14H,4-6H2,1-3H3. The van der Waals surface area contributed by atoms with E-state index in [4.69, 9.17) is 4.74 Å². The fourth-order valence-electron chi connectivity index (χ4n) is 1.67. The molecule has 1 N–H and O–H groups in total. The fraction of sp³-hybridized carbons (Fsp3) is 0.500. The first kappa shape index (κ1) is 15.5. The Labute approximate surface area is 117 Å². The van der Waals surface area contributed by atoms with Crippen LogP contribution in [0.2, 0.25) is 0 Å². The first-order valence-electron chi connectivity index (χ1n) is 5.62. The van der Waals surface area contributed by atoms with Crippen LogP contribution in [0.25, 0.3) is 0 Å². The predicted octanol–water partition coefficient (Wildman–Crippen LogP) is 2.84. The van der Waals surface area contributed by atoms with E-state index in [9.17, 15) is 8.42 Å². The number of sulfonamides is 1. The molecule has 0 unspecified atom stereocenters. The van der Waals surface area contributed by atoms with Crippen LogP contribution in [0.5, 0.6) is 0 Å². The van der Waals surface area contributed by atoms with Gasteiger partial charge in [-0.1, -0.05) is 15.9 Å². The summed E-state index contributed by atoms with van der Waals surface area (Å²) in [5.41, 5.74) is 2.46. The Morgan fingerprint density at radius 1 is 1.28 bits per heavy atom. The molecule has 0 aliphatic rings. The third-order valence-corrected chi connectivity index (χ3v) is 4.32. The van der Waals surface area contributed by atoms with Crippen molar-refractivity contribution in [3.05, 3.63) is 27.7 Å². The van der Waals surface area contributed by atoms with Crippen LogP contribution >= 0.6 is 15.9 Å². The SMILES string of the molecule is COCCCS(=O)(=O)Nc1c(C)cc(Br)cc1C. The summed E-state index contributed by atoms with van der Waals surface area (Å²) in [6, 6.07) is 3.78. The van der Waals surface area contributed by atoms with Crippen LogP contribution in [0.4, 0.5) is 5.69 Å². The molecule has 0 amide bonds. The monoisotopic (exact) mass is 335 g/mol. The summed E-state index contributed by atoms with van der Waals surface area (Å²) in [6.07, 6.45) is 0.487. The van der Waals surface area contributed by atoms with Crippen LogP contribution in [0.3, 0.4) is 0 Å². The number of methoxy groups -OCH3 is 1. The lowest BCUT2D eigenvalue weighted by molar-refractivity contribution is 0.199. The molecule has 4 nitrogen and oxygen atoms in total. The minimum atomic E-state index is -3.31. The maximum Gasteiger partial charge on any atom is 0.232 e. The van der Waals surface area contributed by atoms with Crippen LogP contribution < -0.4 is 4.72 Å². The van der Waals surface area contributed by atoms with Crippen molar-refractivity contribution in [1.29, 1.82) is 0 Å². The van der Waals surface area contributed by atoms with Gasteiger partial charge in [-0.05, 0) is 43.5 Å². The van der Waals surface area contributed by atoms with Crippen molar-refractivity contribution in [1.82, 2.24) is 0 Å². The van der Waals surface area contributed by atoms with Crippen molar-refractivity contribution in [3.8, 4) is 0 Å². The van der Waals surface area contributed by atoms with Gasteiger partial charge in [-0.25, -0.2) is 8.42 Å². The second kappa shape index (κ2) is 6.54. The van der Waals surface area contributed by atoms with Crippen molar-refractivity contribution in [2.24, 2.45) is 0 Å². The molecule has 0 aromatic heterocycles. The predicted molar refractivity (Wildman–Crippen MR) is 77.5 cm³/mol. The summed E-state index contributed by atoms with van der Waals surface area (Å²) >= 11 is 3.38. The third-order valence-electron chi connectivity index (χ3n) is 2.52. The van der Waals surface area contributed by atoms with Crippen LogP contribution in [0, 0.1) is 13.8 Å². The quantitative estimate of drug-likeness (QED) is 0.813. The lowest BCUT2D eigenvalue weighted by Crippen LogP contribution is -2.19. The Morgan fingerprint density at radius 2 is 1.83 bits per heavy atom. The summed E-state index contributed by atoms with van der Waals surface area (Å²) in [6.45, 7) is 4.20. The maximum atomic E-state index is 11.9. The molecule has 0 saturated heterocycles. The molecule has 102 valence electrons. The highest BCUT2D eigenvalue weighted by molar-refractivity contribution is 9.10. The Kier molecular flexibility index (Phi) is 5.62. The molecule has 0 heterocycles. The smallest absolute Gasteiger partial charge is 0.232 e. The molecule has 0 saturated carbocycles. The van der Waals surface area contributed by atoms with Crippen molar-refractivity contribution in [2.75, 3.05) is 24.2 Å². The van der Waals surface area contributed by atoms with Gasteiger partial charge in [-0.3, -0.25) is 4.72 Å². The van der Waals surface area contributed by atoms with E-state index < -0.39 is 10.0 Å². The zero-order chi connectivity index (χ0) is 13.8. The van der Waals surface area contributed by atoms with Gasteiger partial charge in [0.2, 0.25) is 10.0 Å². The molecule has 0 radical (unpaired) electrons. The van der Waals surface area contributed by atoms with E-state index in [2.05, 4.69) is 20.7 Å². The first-order chi connectivity index (χ1) is 8.35. The topological polar surface area (TPSA) is 55.4 Å². The number of halogens is 1. The molecular formula is C12H18BrNO3S. The summed E-state index contributed by atoms with van der Waals surface area (Å²) < 4.78 is 32.2. The Morgan fingerprint density at radius 3 is 2.33 bits per heavy atom. The number of aryl methyl sites for hydroxylation is 2. The minimum absolute atomic E-state index is 0.0653. The van der Waals surface area contributed by atoms with Crippen molar-refractivity contribution < 1.29 is 13.2 Å². The second-order valence-corrected chi connectivity index (χ2v) is 6.94. The van der Waals surface area contributed by atoms with Gasteiger partial charge in [0, 0.05) is 18.2 Å². The van der Waals surface area contributed by atoms with Gasteiger partial charge in [-0.15, -0.1) is 0 Å². The summed E-state index contributed by atoms with van der Waals surface area (Å²) in [5.74, 6) is 0.0653. The zero-order valence-corrected chi connectivity index (χ0v) is 13.2. The average Bonchev–Trinajstić information content (AvgIpc) is 2.23. The van der Waals surface area contributed by atoms with E-state index in [-0.39, 0.29) is 5.75 Å². The molecule has 0 aliphatic carbocycles. The highest BCUT2D eigenvalue weighted by Gasteiger charge is 2.13. The molecule has 0 fully saturated rings. The third kappa shape index (κ3) is 4.59. The lowest BCUT2D eigenvalue weighted by Gasteiger charge is -2.13. The van der Waals surface area contributed by atoms with Crippen LogP contribution in [0.1, 0.15) is 17.5 Å². The molecule has 0 bridgehead atoms. The number of rotatable bonds is 6. The molecule has 18 heavy (non-hydrogen) atoms. The Bertz CT molecular complexity index is 491. The number of hydrogen-bond acceptors (Lipinski definition) is 3. The molecule has 0 spiro atoms. The highest BCUT2D eigenvalue weighted by atomic mass is 79.9. The maximum absolute atomic E-state index is 11.9. The van der Waals surface area contributed by atoms with E-state index in [1.807, 2.05) is 26.0 Å².